The zero-order chi connectivity index (χ0) is 13.9. The molecule has 1 aromatic rings. The first-order chi connectivity index (χ1) is 9.26. The van der Waals surface area contributed by atoms with E-state index in [2.05, 4.69) is 22.2 Å². The minimum absolute atomic E-state index is 0. The summed E-state index contributed by atoms with van der Waals surface area (Å²) in [7, 11) is 1.68. The maximum Gasteiger partial charge on any atom is 0.191 e. The largest absolute Gasteiger partial charge is 0.469 e. The number of halogens is 1. The van der Waals surface area contributed by atoms with E-state index in [0.29, 0.717) is 19.7 Å². The van der Waals surface area contributed by atoms with Gasteiger partial charge in [0.2, 0.25) is 0 Å². The third kappa shape index (κ3) is 8.21. The molecule has 0 radical (unpaired) electrons. The van der Waals surface area contributed by atoms with Crippen molar-refractivity contribution >= 4 is 29.9 Å². The number of guanidine groups is 1. The Kier molecular flexibility index (Phi) is 11.2. The molecule has 1 atom stereocenters. The average Bonchev–Trinajstić information content (AvgIpc) is 2.89. The highest BCUT2D eigenvalue weighted by molar-refractivity contribution is 14.0. The lowest BCUT2D eigenvalue weighted by molar-refractivity contribution is 0.179. The molecule has 0 amide bonds. The molecule has 20 heavy (non-hydrogen) atoms. The van der Waals surface area contributed by atoms with E-state index in [-0.39, 0.29) is 30.0 Å². The van der Waals surface area contributed by atoms with Crippen molar-refractivity contribution in [3.63, 3.8) is 0 Å². The van der Waals surface area contributed by atoms with E-state index >= 15 is 0 Å². The molecule has 0 saturated carbocycles. The molecule has 5 nitrogen and oxygen atoms in total. The van der Waals surface area contributed by atoms with Crippen LogP contribution in [-0.4, -0.2) is 38.8 Å². The Balaban J connectivity index is 0.00000361. The van der Waals surface area contributed by atoms with Crippen LogP contribution in [0.3, 0.4) is 0 Å². The number of hydrogen-bond donors (Lipinski definition) is 2. The van der Waals surface area contributed by atoms with Crippen LogP contribution in [0, 0.1) is 0 Å². The van der Waals surface area contributed by atoms with Crippen LogP contribution < -0.4 is 10.6 Å². The lowest BCUT2D eigenvalue weighted by atomic mass is 10.3. The molecule has 1 unspecified atom stereocenters. The van der Waals surface area contributed by atoms with E-state index in [1.54, 1.807) is 19.4 Å². The van der Waals surface area contributed by atoms with Gasteiger partial charge in [0, 0.05) is 32.7 Å². The summed E-state index contributed by atoms with van der Waals surface area (Å²) in [5.74, 6) is 1.70. The van der Waals surface area contributed by atoms with Gasteiger partial charge in [-0.25, -0.2) is 0 Å². The number of ether oxygens (including phenoxy) is 1. The van der Waals surface area contributed by atoms with E-state index in [1.807, 2.05) is 19.1 Å². The smallest absolute Gasteiger partial charge is 0.191 e. The number of nitrogens with one attached hydrogen (secondary N) is 2. The number of nitrogens with zero attached hydrogens (tertiary/aromatic N) is 1. The molecule has 0 spiro atoms. The molecule has 2 N–H and O–H groups in total. The lowest BCUT2D eigenvalue weighted by Gasteiger charge is -2.16. The Morgan fingerprint density at radius 2 is 2.40 bits per heavy atom. The number of furan rings is 1. The van der Waals surface area contributed by atoms with Crippen LogP contribution >= 0.6 is 24.0 Å². The second-order valence-electron chi connectivity index (χ2n) is 4.23. The van der Waals surface area contributed by atoms with Gasteiger partial charge in [-0.15, -0.1) is 30.6 Å². The highest BCUT2D eigenvalue weighted by Crippen LogP contribution is 2.00. The third-order valence-corrected chi connectivity index (χ3v) is 2.42. The van der Waals surface area contributed by atoms with Crippen molar-refractivity contribution in [1.29, 1.82) is 0 Å². The van der Waals surface area contributed by atoms with Crippen LogP contribution in [0.15, 0.2) is 40.5 Å². The molecular weight excluding hydrogens is 369 g/mol. The average molecular weight is 393 g/mol. The fraction of sp³-hybridized carbons (Fsp3) is 0.500. The Labute approximate surface area is 137 Å². The molecule has 0 aliphatic carbocycles. The van der Waals surface area contributed by atoms with Gasteiger partial charge in [-0.2, -0.15) is 0 Å². The van der Waals surface area contributed by atoms with Crippen LogP contribution in [0.5, 0.6) is 0 Å². The molecule has 1 aromatic heterocycles. The van der Waals surface area contributed by atoms with Crippen LogP contribution in [0.25, 0.3) is 0 Å². The van der Waals surface area contributed by atoms with Crippen LogP contribution in [0.4, 0.5) is 0 Å². The molecular formula is C14H24IN3O2. The molecule has 0 aliphatic heterocycles. The van der Waals surface area contributed by atoms with E-state index < -0.39 is 0 Å². The maximum absolute atomic E-state index is 5.27. The van der Waals surface area contributed by atoms with Gasteiger partial charge in [0.15, 0.2) is 5.96 Å². The van der Waals surface area contributed by atoms with Crippen molar-refractivity contribution in [3.05, 3.63) is 36.8 Å². The summed E-state index contributed by atoms with van der Waals surface area (Å²) in [5, 5.41) is 6.44. The maximum atomic E-state index is 5.27. The van der Waals surface area contributed by atoms with Gasteiger partial charge < -0.3 is 19.8 Å². The Morgan fingerprint density at radius 1 is 1.60 bits per heavy atom. The summed E-state index contributed by atoms with van der Waals surface area (Å²) in [6, 6.07) is 4.03. The zero-order valence-electron chi connectivity index (χ0n) is 12.1. The molecule has 114 valence electrons. The summed E-state index contributed by atoms with van der Waals surface area (Å²) in [6.45, 7) is 7.70. The van der Waals surface area contributed by atoms with Gasteiger partial charge in [0.05, 0.1) is 12.9 Å². The van der Waals surface area contributed by atoms with Gasteiger partial charge in [-0.3, -0.25) is 4.99 Å². The Bertz CT molecular complexity index is 380. The first kappa shape index (κ1) is 19.0. The van der Waals surface area contributed by atoms with E-state index in [4.69, 9.17) is 9.15 Å². The quantitative estimate of drug-likeness (QED) is 0.308. The van der Waals surface area contributed by atoms with Crippen LogP contribution in [0.1, 0.15) is 12.7 Å². The van der Waals surface area contributed by atoms with Crippen molar-refractivity contribution in [1.82, 2.24) is 10.6 Å². The monoisotopic (exact) mass is 393 g/mol. The standard InChI is InChI=1S/C14H23N3O2.HI/c1-4-8-15-14(17-12(2)11-18-3)16-9-7-13-6-5-10-19-13;/h4-6,10,12H,1,7-9,11H2,2-3H3,(H2,15,16,17);1H. The molecule has 0 saturated heterocycles. The SMILES string of the molecule is C=CCNC(=NCCc1ccco1)NC(C)COC.I. The highest BCUT2D eigenvalue weighted by atomic mass is 127. The second kappa shape index (κ2) is 11.8. The highest BCUT2D eigenvalue weighted by Gasteiger charge is 2.04. The van der Waals surface area contributed by atoms with Crippen molar-refractivity contribution in [3.8, 4) is 0 Å². The summed E-state index contributed by atoms with van der Waals surface area (Å²) >= 11 is 0. The van der Waals surface area contributed by atoms with Gasteiger partial charge in [-0.1, -0.05) is 6.08 Å². The summed E-state index contributed by atoms with van der Waals surface area (Å²) in [5.41, 5.74) is 0. The minimum atomic E-state index is 0. The number of rotatable bonds is 8. The second-order valence-corrected chi connectivity index (χ2v) is 4.23. The fourth-order valence-electron chi connectivity index (χ4n) is 1.58. The Morgan fingerprint density at radius 3 is 3.00 bits per heavy atom. The predicted molar refractivity (Wildman–Crippen MR) is 92.8 cm³/mol. The van der Waals surface area contributed by atoms with Crippen LogP contribution in [0.2, 0.25) is 0 Å². The van der Waals surface area contributed by atoms with Crippen molar-refractivity contribution in [2.45, 2.75) is 19.4 Å². The molecule has 1 rings (SSSR count). The summed E-state index contributed by atoms with van der Waals surface area (Å²) in [6.07, 6.45) is 4.26. The minimum Gasteiger partial charge on any atom is -0.469 e. The fourth-order valence-corrected chi connectivity index (χ4v) is 1.58. The predicted octanol–water partition coefficient (Wildman–Crippen LogP) is 2.20. The molecule has 0 fully saturated rings. The molecule has 0 aromatic carbocycles. The first-order valence-electron chi connectivity index (χ1n) is 6.43. The Hall–Kier alpha value is -1.02. The van der Waals surface area contributed by atoms with Gasteiger partial charge in [0.25, 0.3) is 0 Å². The number of methoxy groups -OCH3 is 1. The van der Waals surface area contributed by atoms with Crippen molar-refractivity contribution in [2.75, 3.05) is 26.8 Å². The summed E-state index contributed by atoms with van der Waals surface area (Å²) in [4.78, 5) is 4.49. The van der Waals surface area contributed by atoms with Gasteiger partial charge >= 0.3 is 0 Å². The van der Waals surface area contributed by atoms with E-state index in [9.17, 15) is 0 Å². The van der Waals surface area contributed by atoms with Crippen molar-refractivity contribution in [2.24, 2.45) is 4.99 Å². The normalized spacial score (nSPS) is 12.4. The van der Waals surface area contributed by atoms with E-state index in [0.717, 1.165) is 18.1 Å². The molecule has 0 aliphatic rings. The topological polar surface area (TPSA) is 58.8 Å². The van der Waals surface area contributed by atoms with Crippen molar-refractivity contribution < 1.29 is 9.15 Å². The number of hydrogen-bond acceptors (Lipinski definition) is 3. The third-order valence-electron chi connectivity index (χ3n) is 2.42. The van der Waals surface area contributed by atoms with E-state index in [1.165, 1.54) is 0 Å². The summed E-state index contributed by atoms with van der Waals surface area (Å²) < 4.78 is 10.4. The molecule has 0 bridgehead atoms. The molecule has 6 heteroatoms. The van der Waals surface area contributed by atoms with Crippen LogP contribution in [-0.2, 0) is 11.2 Å². The molecule has 1 heterocycles. The van der Waals surface area contributed by atoms with Gasteiger partial charge in [-0.05, 0) is 19.1 Å². The number of aliphatic imine (C=N–C) groups is 1. The lowest BCUT2D eigenvalue weighted by Crippen LogP contribution is -2.44. The first-order valence-corrected chi connectivity index (χ1v) is 6.43. The van der Waals surface area contributed by atoms with Gasteiger partial charge in [0.1, 0.15) is 5.76 Å². The zero-order valence-corrected chi connectivity index (χ0v) is 14.4.